The molecule has 1 saturated heterocycles. The number of amides is 2. The lowest BCUT2D eigenvalue weighted by Gasteiger charge is -2.38. The summed E-state index contributed by atoms with van der Waals surface area (Å²) in [6, 6.07) is 3.47. The Morgan fingerprint density at radius 3 is 2.47 bits per heavy atom. The van der Waals surface area contributed by atoms with Gasteiger partial charge in [0.25, 0.3) is 5.91 Å². The average Bonchev–Trinajstić information content (AvgIpc) is 2.74. The normalized spacial score (nSPS) is 25.2. The number of allylic oxidation sites excluding steroid dienone is 1. The molecule has 2 aliphatic rings. The molecule has 0 spiro atoms. The van der Waals surface area contributed by atoms with Gasteiger partial charge in [-0.15, -0.1) is 0 Å². The second-order valence-electron chi connectivity index (χ2n) is 9.25. The van der Waals surface area contributed by atoms with Crippen LogP contribution < -0.4 is 5.32 Å². The second-order valence-corrected chi connectivity index (χ2v) is 9.25. The number of aromatic nitrogens is 1. The van der Waals surface area contributed by atoms with Crippen LogP contribution >= 0.6 is 0 Å². The van der Waals surface area contributed by atoms with Crippen molar-refractivity contribution >= 4 is 11.8 Å². The van der Waals surface area contributed by atoms with Gasteiger partial charge in [0, 0.05) is 57.1 Å². The van der Waals surface area contributed by atoms with Gasteiger partial charge in [-0.3, -0.25) is 14.6 Å². The third-order valence-corrected chi connectivity index (χ3v) is 6.80. The summed E-state index contributed by atoms with van der Waals surface area (Å²) in [5.74, 6) is 1.78. The largest absolute Gasteiger partial charge is 0.351 e. The highest BCUT2D eigenvalue weighted by Crippen LogP contribution is 2.39. The Balaban J connectivity index is 1.61. The maximum absolute atomic E-state index is 12.9. The van der Waals surface area contributed by atoms with Crippen LogP contribution in [0.2, 0.25) is 0 Å². The van der Waals surface area contributed by atoms with Gasteiger partial charge in [0.15, 0.2) is 0 Å². The van der Waals surface area contributed by atoms with E-state index in [1.54, 1.807) is 24.5 Å². The van der Waals surface area contributed by atoms with Gasteiger partial charge >= 0.3 is 0 Å². The van der Waals surface area contributed by atoms with E-state index in [1.165, 1.54) is 5.57 Å². The molecule has 1 N–H and O–H groups in total. The first kappa shape index (κ1) is 22.5. The molecule has 1 aromatic heterocycles. The Morgan fingerprint density at radius 1 is 1.17 bits per heavy atom. The number of nitrogens with zero attached hydrogens (tertiary/aromatic N) is 3. The van der Waals surface area contributed by atoms with Crippen LogP contribution in [0.1, 0.15) is 44.0 Å². The van der Waals surface area contributed by atoms with Crippen molar-refractivity contribution in [2.24, 2.45) is 23.7 Å². The van der Waals surface area contributed by atoms with Crippen molar-refractivity contribution < 1.29 is 9.59 Å². The van der Waals surface area contributed by atoms with E-state index in [4.69, 9.17) is 0 Å². The number of piperazine rings is 1. The van der Waals surface area contributed by atoms with E-state index < -0.39 is 0 Å². The van der Waals surface area contributed by atoms with Gasteiger partial charge in [0.2, 0.25) is 5.91 Å². The van der Waals surface area contributed by atoms with E-state index in [0.717, 1.165) is 32.6 Å². The van der Waals surface area contributed by atoms with Crippen LogP contribution in [0.5, 0.6) is 0 Å². The van der Waals surface area contributed by atoms with E-state index in [9.17, 15) is 9.59 Å². The Morgan fingerprint density at radius 2 is 1.83 bits per heavy atom. The summed E-state index contributed by atoms with van der Waals surface area (Å²) in [6.45, 7) is 10.9. The number of likely N-dealkylation sites (N-methyl/N-ethyl adjacent to an activating group) is 1. The topological polar surface area (TPSA) is 65.5 Å². The molecule has 2 heterocycles. The van der Waals surface area contributed by atoms with Crippen LogP contribution in [0.3, 0.4) is 0 Å². The van der Waals surface area contributed by atoms with Crippen molar-refractivity contribution in [2.45, 2.75) is 33.6 Å². The third kappa shape index (κ3) is 5.69. The highest BCUT2D eigenvalue weighted by atomic mass is 16.2. The smallest absolute Gasteiger partial charge is 0.251 e. The molecular weight excluding hydrogens is 376 g/mol. The van der Waals surface area contributed by atoms with Crippen molar-refractivity contribution in [3.05, 3.63) is 41.7 Å². The number of hydrogen-bond acceptors (Lipinski definition) is 4. The molecule has 1 aliphatic heterocycles. The SMILES string of the molecule is CC1=CC(CNC(=O)c2ccncc2)C(C(C)C)CC1CC(=O)N1CCN(C)CC1. The molecule has 6 nitrogen and oxygen atoms in total. The Hall–Kier alpha value is -2.21. The number of hydrogen-bond donors (Lipinski definition) is 1. The zero-order valence-electron chi connectivity index (χ0n) is 18.8. The fourth-order valence-corrected chi connectivity index (χ4v) is 4.72. The molecule has 6 heteroatoms. The van der Waals surface area contributed by atoms with Crippen LogP contribution in [0.25, 0.3) is 0 Å². The summed E-state index contributed by atoms with van der Waals surface area (Å²) in [5.41, 5.74) is 1.93. The van der Waals surface area contributed by atoms with Crippen LogP contribution in [0.15, 0.2) is 36.2 Å². The van der Waals surface area contributed by atoms with E-state index in [-0.39, 0.29) is 11.8 Å². The van der Waals surface area contributed by atoms with E-state index in [2.05, 4.69) is 49.1 Å². The van der Waals surface area contributed by atoms with Crippen LogP contribution in [-0.4, -0.2) is 66.4 Å². The lowest BCUT2D eigenvalue weighted by molar-refractivity contribution is -0.133. The fraction of sp³-hybridized carbons (Fsp3) is 0.625. The minimum atomic E-state index is -0.0571. The molecule has 1 fully saturated rings. The summed E-state index contributed by atoms with van der Waals surface area (Å²) in [4.78, 5) is 33.6. The molecule has 164 valence electrons. The molecule has 3 unspecified atom stereocenters. The molecule has 0 radical (unpaired) electrons. The number of carbonyl (C=O) groups is 2. The summed E-state index contributed by atoms with van der Waals surface area (Å²) in [5, 5.41) is 3.09. The lowest BCUT2D eigenvalue weighted by atomic mass is 9.69. The maximum Gasteiger partial charge on any atom is 0.251 e. The van der Waals surface area contributed by atoms with Gasteiger partial charge in [-0.25, -0.2) is 0 Å². The average molecular weight is 413 g/mol. The van der Waals surface area contributed by atoms with E-state index in [0.29, 0.717) is 42.2 Å². The molecule has 3 atom stereocenters. The minimum Gasteiger partial charge on any atom is -0.351 e. The van der Waals surface area contributed by atoms with E-state index >= 15 is 0 Å². The highest BCUT2D eigenvalue weighted by molar-refractivity contribution is 5.93. The summed E-state index contributed by atoms with van der Waals surface area (Å²) >= 11 is 0. The Kier molecular flexibility index (Phi) is 7.64. The van der Waals surface area contributed by atoms with Gasteiger partial charge in [0.05, 0.1) is 0 Å². The molecule has 0 bridgehead atoms. The van der Waals surface area contributed by atoms with Gasteiger partial charge in [-0.05, 0) is 56.2 Å². The first-order valence-corrected chi connectivity index (χ1v) is 11.2. The van der Waals surface area contributed by atoms with E-state index in [1.807, 2.05) is 4.90 Å². The molecule has 0 aromatic carbocycles. The van der Waals surface area contributed by atoms with Crippen LogP contribution in [0.4, 0.5) is 0 Å². The zero-order chi connectivity index (χ0) is 21.7. The number of nitrogens with one attached hydrogen (secondary N) is 1. The summed E-state index contributed by atoms with van der Waals surface area (Å²) in [6.07, 6.45) is 7.19. The monoisotopic (exact) mass is 412 g/mol. The first-order valence-electron chi connectivity index (χ1n) is 11.2. The molecule has 2 amide bonds. The molecule has 0 saturated carbocycles. The number of rotatable bonds is 6. The Bertz CT molecular complexity index is 754. The number of pyridine rings is 1. The summed E-state index contributed by atoms with van der Waals surface area (Å²) < 4.78 is 0. The van der Waals surface area contributed by atoms with Gasteiger partial charge in [-0.1, -0.05) is 25.5 Å². The third-order valence-electron chi connectivity index (χ3n) is 6.80. The predicted octanol–water partition coefficient (Wildman–Crippen LogP) is 2.83. The fourth-order valence-electron chi connectivity index (χ4n) is 4.72. The molecule has 1 aromatic rings. The Labute approximate surface area is 180 Å². The minimum absolute atomic E-state index is 0.0571. The van der Waals surface area contributed by atoms with Crippen molar-refractivity contribution in [3.63, 3.8) is 0 Å². The van der Waals surface area contributed by atoms with Gasteiger partial charge in [0.1, 0.15) is 0 Å². The first-order chi connectivity index (χ1) is 14.3. The number of carbonyl (C=O) groups excluding carboxylic acids is 2. The molecular formula is C24H36N4O2. The summed E-state index contributed by atoms with van der Waals surface area (Å²) in [7, 11) is 2.11. The molecule has 3 rings (SSSR count). The lowest BCUT2D eigenvalue weighted by Crippen LogP contribution is -2.47. The quantitative estimate of drug-likeness (QED) is 0.730. The van der Waals surface area contributed by atoms with Crippen LogP contribution in [-0.2, 0) is 4.79 Å². The predicted molar refractivity (Wildman–Crippen MR) is 119 cm³/mol. The van der Waals surface area contributed by atoms with Crippen LogP contribution in [0, 0.1) is 23.7 Å². The standard InChI is InChI=1S/C24H36N4O2/c1-17(2)22-14-20(15-23(29)28-11-9-27(4)10-12-28)18(3)13-21(22)16-26-24(30)19-5-7-25-8-6-19/h5-8,13,17,20-22H,9-12,14-16H2,1-4H3,(H,26,30). The maximum atomic E-state index is 12.9. The van der Waals surface area contributed by atoms with Crippen molar-refractivity contribution in [3.8, 4) is 0 Å². The molecule has 1 aliphatic carbocycles. The second kappa shape index (κ2) is 10.2. The zero-order valence-corrected chi connectivity index (χ0v) is 18.8. The molecule has 30 heavy (non-hydrogen) atoms. The van der Waals surface area contributed by atoms with Gasteiger partial charge in [-0.2, -0.15) is 0 Å². The van der Waals surface area contributed by atoms with Crippen molar-refractivity contribution in [1.82, 2.24) is 20.1 Å². The highest BCUT2D eigenvalue weighted by Gasteiger charge is 2.33. The van der Waals surface area contributed by atoms with Crippen molar-refractivity contribution in [1.29, 1.82) is 0 Å². The van der Waals surface area contributed by atoms with Gasteiger partial charge < -0.3 is 15.1 Å². The van der Waals surface area contributed by atoms with Crippen molar-refractivity contribution in [2.75, 3.05) is 39.8 Å².